The molecular formula is C11H20N6O2. The lowest BCUT2D eigenvalue weighted by molar-refractivity contribution is 0.114. The van der Waals surface area contributed by atoms with Crippen molar-refractivity contribution in [2.45, 2.75) is 26.4 Å². The Kier molecular flexibility index (Phi) is 4.01. The van der Waals surface area contributed by atoms with Gasteiger partial charge in [0.1, 0.15) is 5.60 Å². The van der Waals surface area contributed by atoms with Crippen molar-refractivity contribution in [2.24, 2.45) is 5.84 Å². The summed E-state index contributed by atoms with van der Waals surface area (Å²) in [5.41, 5.74) is 2.05. The lowest BCUT2D eigenvalue weighted by Gasteiger charge is -2.27. The number of nitrogens with two attached hydrogens (primary N) is 1. The van der Waals surface area contributed by atoms with Crippen molar-refractivity contribution in [3.8, 4) is 6.01 Å². The van der Waals surface area contributed by atoms with Crippen LogP contribution in [-0.4, -0.2) is 46.9 Å². The van der Waals surface area contributed by atoms with Crippen molar-refractivity contribution in [3.05, 3.63) is 0 Å². The number of morpholine rings is 1. The van der Waals surface area contributed by atoms with Gasteiger partial charge in [0.05, 0.1) is 13.2 Å². The normalized spacial score (nSPS) is 16.3. The Bertz CT molecular complexity index is 428. The molecule has 3 N–H and O–H groups in total. The molecule has 0 unspecified atom stereocenters. The quantitative estimate of drug-likeness (QED) is 0.591. The minimum absolute atomic E-state index is 0.261. The molecule has 1 saturated heterocycles. The number of hydrogen-bond donors (Lipinski definition) is 2. The predicted octanol–water partition coefficient (Wildman–Crippen LogP) is 0.171. The van der Waals surface area contributed by atoms with Gasteiger partial charge >= 0.3 is 6.01 Å². The highest BCUT2D eigenvalue weighted by Gasteiger charge is 2.19. The number of nitrogens with one attached hydrogen (secondary N) is 1. The molecule has 8 heteroatoms. The van der Waals surface area contributed by atoms with Gasteiger partial charge in [-0.25, -0.2) is 5.84 Å². The molecule has 2 rings (SSSR count). The summed E-state index contributed by atoms with van der Waals surface area (Å²) >= 11 is 0. The van der Waals surface area contributed by atoms with E-state index in [1.165, 1.54) is 0 Å². The smallest absolute Gasteiger partial charge is 0.323 e. The third-order valence-electron chi connectivity index (χ3n) is 2.42. The van der Waals surface area contributed by atoms with E-state index in [1.807, 2.05) is 25.7 Å². The van der Waals surface area contributed by atoms with Crippen LogP contribution in [0.4, 0.5) is 11.9 Å². The number of nitrogen functional groups attached to an aromatic ring is 1. The van der Waals surface area contributed by atoms with E-state index in [0.717, 1.165) is 13.1 Å². The van der Waals surface area contributed by atoms with E-state index in [0.29, 0.717) is 19.2 Å². The molecule has 106 valence electrons. The molecule has 0 aliphatic carbocycles. The molecule has 0 amide bonds. The third-order valence-corrected chi connectivity index (χ3v) is 2.42. The maximum Gasteiger partial charge on any atom is 0.323 e. The van der Waals surface area contributed by atoms with Crippen molar-refractivity contribution in [1.29, 1.82) is 0 Å². The molecule has 1 aliphatic heterocycles. The van der Waals surface area contributed by atoms with Gasteiger partial charge in [-0.05, 0) is 20.8 Å². The van der Waals surface area contributed by atoms with Gasteiger partial charge in [-0.1, -0.05) is 0 Å². The van der Waals surface area contributed by atoms with Crippen LogP contribution in [0.15, 0.2) is 0 Å². The van der Waals surface area contributed by atoms with E-state index in [4.69, 9.17) is 15.3 Å². The van der Waals surface area contributed by atoms with E-state index in [2.05, 4.69) is 20.4 Å². The largest absolute Gasteiger partial charge is 0.458 e. The van der Waals surface area contributed by atoms with Gasteiger partial charge in [-0.15, -0.1) is 0 Å². The van der Waals surface area contributed by atoms with Crippen LogP contribution in [0.3, 0.4) is 0 Å². The van der Waals surface area contributed by atoms with E-state index >= 15 is 0 Å². The van der Waals surface area contributed by atoms with Gasteiger partial charge in [0, 0.05) is 13.1 Å². The highest BCUT2D eigenvalue weighted by atomic mass is 16.5. The van der Waals surface area contributed by atoms with Crippen LogP contribution in [-0.2, 0) is 4.74 Å². The Hall–Kier alpha value is -1.67. The SMILES string of the molecule is CC(C)(C)Oc1nc(NN)nc(N2CCOCC2)n1. The third kappa shape index (κ3) is 3.90. The Morgan fingerprint density at radius 2 is 1.89 bits per heavy atom. The van der Waals surface area contributed by atoms with Crippen LogP contribution in [0, 0.1) is 0 Å². The van der Waals surface area contributed by atoms with Crippen LogP contribution in [0.25, 0.3) is 0 Å². The number of ether oxygens (including phenoxy) is 2. The number of aromatic nitrogens is 3. The zero-order valence-electron chi connectivity index (χ0n) is 11.5. The predicted molar refractivity (Wildman–Crippen MR) is 71.1 cm³/mol. The number of hydrazine groups is 1. The number of hydrogen-bond acceptors (Lipinski definition) is 8. The van der Waals surface area contributed by atoms with Crippen LogP contribution >= 0.6 is 0 Å². The monoisotopic (exact) mass is 268 g/mol. The minimum atomic E-state index is -0.379. The topological polar surface area (TPSA) is 98.4 Å². The lowest BCUT2D eigenvalue weighted by atomic mass is 10.2. The molecule has 0 saturated carbocycles. The molecule has 1 fully saturated rings. The molecule has 1 aliphatic rings. The second-order valence-corrected chi connectivity index (χ2v) is 5.20. The highest BCUT2D eigenvalue weighted by Crippen LogP contribution is 2.19. The molecule has 0 spiro atoms. The number of anilines is 2. The van der Waals surface area contributed by atoms with Crippen LogP contribution < -0.4 is 20.9 Å². The van der Waals surface area contributed by atoms with Gasteiger partial charge in [-0.3, -0.25) is 5.43 Å². The molecule has 19 heavy (non-hydrogen) atoms. The highest BCUT2D eigenvalue weighted by molar-refractivity contribution is 5.38. The van der Waals surface area contributed by atoms with Gasteiger partial charge in [0.2, 0.25) is 11.9 Å². The van der Waals surface area contributed by atoms with Gasteiger partial charge in [-0.2, -0.15) is 15.0 Å². The average Bonchev–Trinajstić information content (AvgIpc) is 2.37. The Morgan fingerprint density at radius 1 is 1.21 bits per heavy atom. The van der Waals surface area contributed by atoms with Gasteiger partial charge in [0.25, 0.3) is 0 Å². The first-order valence-electron chi connectivity index (χ1n) is 6.22. The standard InChI is InChI=1S/C11H20N6O2/c1-11(2,3)19-10-14-8(16-12)13-9(15-10)17-4-6-18-7-5-17/h4-7,12H2,1-3H3,(H,13,14,15,16). The molecule has 0 atom stereocenters. The summed E-state index contributed by atoms with van der Waals surface area (Å²) in [4.78, 5) is 14.7. The second-order valence-electron chi connectivity index (χ2n) is 5.20. The maximum atomic E-state index is 5.66. The van der Waals surface area contributed by atoms with Crippen molar-refractivity contribution in [1.82, 2.24) is 15.0 Å². The summed E-state index contributed by atoms with van der Waals surface area (Å²) in [5.74, 6) is 6.21. The summed E-state index contributed by atoms with van der Waals surface area (Å²) in [6.45, 7) is 8.59. The Morgan fingerprint density at radius 3 is 2.47 bits per heavy atom. The first kappa shape index (κ1) is 13.8. The maximum absolute atomic E-state index is 5.66. The van der Waals surface area contributed by atoms with E-state index in [1.54, 1.807) is 0 Å². The second kappa shape index (κ2) is 5.54. The molecule has 1 aromatic rings. The van der Waals surface area contributed by atoms with E-state index in [9.17, 15) is 0 Å². The van der Waals surface area contributed by atoms with E-state index < -0.39 is 0 Å². The summed E-state index contributed by atoms with van der Waals surface area (Å²) in [6.07, 6.45) is 0. The zero-order chi connectivity index (χ0) is 13.9. The van der Waals surface area contributed by atoms with Crippen molar-refractivity contribution in [2.75, 3.05) is 36.6 Å². The van der Waals surface area contributed by atoms with Crippen LogP contribution in [0.2, 0.25) is 0 Å². The average molecular weight is 268 g/mol. The van der Waals surface area contributed by atoms with E-state index in [-0.39, 0.29) is 17.6 Å². The van der Waals surface area contributed by atoms with Crippen molar-refractivity contribution >= 4 is 11.9 Å². The molecule has 2 heterocycles. The van der Waals surface area contributed by atoms with Crippen LogP contribution in [0.1, 0.15) is 20.8 Å². The summed E-state index contributed by atoms with van der Waals surface area (Å²) in [5, 5.41) is 0. The van der Waals surface area contributed by atoms with Crippen molar-refractivity contribution in [3.63, 3.8) is 0 Å². The van der Waals surface area contributed by atoms with Gasteiger partial charge in [0.15, 0.2) is 0 Å². The lowest BCUT2D eigenvalue weighted by Crippen LogP contribution is -2.38. The molecule has 1 aromatic heterocycles. The summed E-state index contributed by atoms with van der Waals surface area (Å²) < 4.78 is 11.0. The zero-order valence-corrected chi connectivity index (χ0v) is 11.5. The first-order valence-corrected chi connectivity index (χ1v) is 6.22. The minimum Gasteiger partial charge on any atom is -0.458 e. The molecular weight excluding hydrogens is 248 g/mol. The fourth-order valence-electron chi connectivity index (χ4n) is 1.63. The van der Waals surface area contributed by atoms with Crippen molar-refractivity contribution < 1.29 is 9.47 Å². The number of nitrogens with zero attached hydrogens (tertiary/aromatic N) is 4. The molecule has 0 aromatic carbocycles. The van der Waals surface area contributed by atoms with Crippen LogP contribution in [0.5, 0.6) is 6.01 Å². The molecule has 0 bridgehead atoms. The summed E-state index contributed by atoms with van der Waals surface area (Å²) in [7, 11) is 0. The molecule has 8 nitrogen and oxygen atoms in total. The fraction of sp³-hybridized carbons (Fsp3) is 0.727. The summed E-state index contributed by atoms with van der Waals surface area (Å²) in [6, 6.07) is 0.261. The first-order chi connectivity index (χ1) is 8.98. The molecule has 0 radical (unpaired) electrons. The Labute approximate surface area is 112 Å². The van der Waals surface area contributed by atoms with Gasteiger partial charge < -0.3 is 14.4 Å². The Balaban J connectivity index is 2.24. The fourth-order valence-corrected chi connectivity index (χ4v) is 1.63. The number of rotatable bonds is 3.